The molecule has 1 saturated heterocycles. The first-order chi connectivity index (χ1) is 10.2. The molecule has 0 saturated carbocycles. The van der Waals surface area contributed by atoms with Crippen LogP contribution in [0, 0.1) is 0 Å². The largest absolute Gasteiger partial charge is 0.454 e. The zero-order valence-electron chi connectivity index (χ0n) is 12.4. The molecule has 0 atom stereocenters. The molecule has 0 aliphatic carbocycles. The molecule has 1 N–H and O–H groups in total. The van der Waals surface area contributed by atoms with Crippen LogP contribution in [0.2, 0.25) is 0 Å². The molecular weight excluding hydrogens is 334 g/mol. The van der Waals surface area contributed by atoms with Crippen LogP contribution >= 0.6 is 15.9 Å². The number of likely N-dealkylation sites (N-methyl/N-ethyl adjacent to an activating group) is 1. The zero-order chi connectivity index (χ0) is 14.7. The molecule has 0 aromatic heterocycles. The van der Waals surface area contributed by atoms with Gasteiger partial charge in [-0.25, -0.2) is 0 Å². The van der Waals surface area contributed by atoms with E-state index in [1.807, 2.05) is 6.07 Å². The van der Waals surface area contributed by atoms with Crippen LogP contribution in [0.1, 0.15) is 5.56 Å². The van der Waals surface area contributed by atoms with Crippen LogP contribution in [0.3, 0.4) is 0 Å². The Kier molecular flexibility index (Phi) is 5.00. The van der Waals surface area contributed by atoms with E-state index >= 15 is 0 Å². The van der Waals surface area contributed by atoms with E-state index in [9.17, 15) is 0 Å². The molecule has 2 aliphatic heterocycles. The van der Waals surface area contributed by atoms with Crippen molar-refractivity contribution in [2.24, 2.45) is 0 Å². The van der Waals surface area contributed by atoms with Gasteiger partial charge >= 0.3 is 0 Å². The van der Waals surface area contributed by atoms with E-state index in [2.05, 4.69) is 44.2 Å². The van der Waals surface area contributed by atoms with Crippen molar-refractivity contribution in [1.82, 2.24) is 15.1 Å². The van der Waals surface area contributed by atoms with Gasteiger partial charge in [0.15, 0.2) is 11.5 Å². The molecule has 0 amide bonds. The third-order valence-corrected chi connectivity index (χ3v) is 4.80. The fourth-order valence-electron chi connectivity index (χ4n) is 2.63. The van der Waals surface area contributed by atoms with Gasteiger partial charge in [0.05, 0.1) is 0 Å². The molecule has 2 heterocycles. The number of nitrogens with one attached hydrogen (secondary N) is 1. The molecule has 1 fully saturated rings. The Morgan fingerprint density at radius 1 is 1.14 bits per heavy atom. The average Bonchev–Trinajstić information content (AvgIpc) is 2.92. The highest BCUT2D eigenvalue weighted by atomic mass is 79.9. The van der Waals surface area contributed by atoms with Crippen molar-refractivity contribution in [3.8, 4) is 11.5 Å². The summed E-state index contributed by atoms with van der Waals surface area (Å²) in [5, 5.41) is 3.51. The lowest BCUT2D eigenvalue weighted by molar-refractivity contribution is 0.154. The van der Waals surface area contributed by atoms with E-state index in [-0.39, 0.29) is 0 Å². The van der Waals surface area contributed by atoms with Gasteiger partial charge in [-0.2, -0.15) is 0 Å². The summed E-state index contributed by atoms with van der Waals surface area (Å²) in [4.78, 5) is 4.90. The minimum atomic E-state index is 0.321. The number of hydrogen-bond donors (Lipinski definition) is 1. The molecule has 0 bridgehead atoms. The van der Waals surface area contributed by atoms with Crippen LogP contribution in [-0.2, 0) is 6.54 Å². The summed E-state index contributed by atoms with van der Waals surface area (Å²) in [6.45, 7) is 7.97. The Morgan fingerprint density at radius 3 is 2.62 bits per heavy atom. The molecule has 2 aliphatic rings. The fourth-order valence-corrected chi connectivity index (χ4v) is 3.09. The first kappa shape index (κ1) is 15.1. The lowest BCUT2D eigenvalue weighted by Crippen LogP contribution is -2.46. The molecule has 1 aromatic carbocycles. The van der Waals surface area contributed by atoms with Gasteiger partial charge in [-0.1, -0.05) is 15.9 Å². The summed E-state index contributed by atoms with van der Waals surface area (Å²) < 4.78 is 11.9. The van der Waals surface area contributed by atoms with Gasteiger partial charge in [-0.3, -0.25) is 4.90 Å². The monoisotopic (exact) mass is 355 g/mol. The SMILES string of the molecule is CN1CCN(CCNCc2cc3c(cc2Br)OCO3)CC1. The standard InChI is InChI=1S/C15H22BrN3O2/c1-18-4-6-19(7-5-18)3-2-17-10-12-8-14-15(9-13(12)16)21-11-20-14/h8-9,17H,2-7,10-11H2,1H3. The van der Waals surface area contributed by atoms with E-state index in [1.54, 1.807) is 0 Å². The van der Waals surface area contributed by atoms with E-state index in [0.29, 0.717) is 6.79 Å². The second-order valence-electron chi connectivity index (χ2n) is 5.62. The Morgan fingerprint density at radius 2 is 1.86 bits per heavy atom. The first-order valence-corrected chi connectivity index (χ1v) is 8.21. The van der Waals surface area contributed by atoms with Crippen LogP contribution in [-0.4, -0.2) is 62.9 Å². The van der Waals surface area contributed by atoms with E-state index < -0.39 is 0 Å². The van der Waals surface area contributed by atoms with Gasteiger partial charge in [0.1, 0.15) is 0 Å². The smallest absolute Gasteiger partial charge is 0.231 e. The Balaban J connectivity index is 1.43. The van der Waals surface area contributed by atoms with E-state index in [4.69, 9.17) is 9.47 Å². The normalized spacial score (nSPS) is 19.1. The predicted octanol–water partition coefficient (Wildman–Crippen LogP) is 1.51. The summed E-state index contributed by atoms with van der Waals surface area (Å²) in [7, 11) is 2.19. The molecule has 1 aromatic rings. The molecular formula is C15H22BrN3O2. The Bertz CT molecular complexity index is 490. The summed E-state index contributed by atoms with van der Waals surface area (Å²) in [6.07, 6.45) is 0. The van der Waals surface area contributed by atoms with Gasteiger partial charge in [-0.15, -0.1) is 0 Å². The fraction of sp³-hybridized carbons (Fsp3) is 0.600. The number of hydrogen-bond acceptors (Lipinski definition) is 5. The quantitative estimate of drug-likeness (QED) is 0.810. The molecule has 0 radical (unpaired) electrons. The highest BCUT2D eigenvalue weighted by molar-refractivity contribution is 9.10. The minimum Gasteiger partial charge on any atom is -0.454 e. The number of nitrogens with zero attached hydrogens (tertiary/aromatic N) is 2. The van der Waals surface area contributed by atoms with Crippen LogP contribution in [0.4, 0.5) is 0 Å². The number of piperazine rings is 1. The molecule has 0 spiro atoms. The van der Waals surface area contributed by atoms with Gasteiger partial charge < -0.3 is 19.7 Å². The van der Waals surface area contributed by atoms with Gasteiger partial charge in [-0.05, 0) is 24.7 Å². The molecule has 5 nitrogen and oxygen atoms in total. The first-order valence-electron chi connectivity index (χ1n) is 7.42. The highest BCUT2D eigenvalue weighted by Gasteiger charge is 2.16. The summed E-state index contributed by atoms with van der Waals surface area (Å²) in [5.41, 5.74) is 1.21. The molecule has 21 heavy (non-hydrogen) atoms. The van der Waals surface area contributed by atoms with Crippen LogP contribution < -0.4 is 14.8 Å². The Labute approximate surface area is 134 Å². The van der Waals surface area contributed by atoms with Gasteiger partial charge in [0.25, 0.3) is 0 Å². The summed E-state index contributed by atoms with van der Waals surface area (Å²) in [5.74, 6) is 1.66. The summed E-state index contributed by atoms with van der Waals surface area (Å²) in [6, 6.07) is 4.04. The Hall–Kier alpha value is -0.820. The summed E-state index contributed by atoms with van der Waals surface area (Å²) >= 11 is 3.59. The molecule has 0 unspecified atom stereocenters. The second kappa shape index (κ2) is 6.96. The second-order valence-corrected chi connectivity index (χ2v) is 6.47. The van der Waals surface area contributed by atoms with Crippen molar-refractivity contribution >= 4 is 15.9 Å². The molecule has 3 rings (SSSR count). The molecule has 6 heteroatoms. The van der Waals surface area contributed by atoms with Crippen molar-refractivity contribution in [2.45, 2.75) is 6.54 Å². The van der Waals surface area contributed by atoms with E-state index in [1.165, 1.54) is 31.7 Å². The number of rotatable bonds is 5. The highest BCUT2D eigenvalue weighted by Crippen LogP contribution is 2.36. The van der Waals surface area contributed by atoms with E-state index in [0.717, 1.165) is 35.6 Å². The maximum atomic E-state index is 5.42. The van der Waals surface area contributed by atoms with Crippen molar-refractivity contribution in [1.29, 1.82) is 0 Å². The maximum Gasteiger partial charge on any atom is 0.231 e. The van der Waals surface area contributed by atoms with Gasteiger partial charge in [0.2, 0.25) is 6.79 Å². The zero-order valence-corrected chi connectivity index (χ0v) is 14.0. The van der Waals surface area contributed by atoms with Crippen LogP contribution in [0.5, 0.6) is 11.5 Å². The predicted molar refractivity (Wildman–Crippen MR) is 85.9 cm³/mol. The third-order valence-electron chi connectivity index (χ3n) is 4.06. The minimum absolute atomic E-state index is 0.321. The number of benzene rings is 1. The maximum absolute atomic E-state index is 5.42. The van der Waals surface area contributed by atoms with Crippen molar-refractivity contribution < 1.29 is 9.47 Å². The number of halogens is 1. The van der Waals surface area contributed by atoms with Crippen LogP contribution in [0.25, 0.3) is 0 Å². The average molecular weight is 356 g/mol. The van der Waals surface area contributed by atoms with Crippen molar-refractivity contribution in [3.63, 3.8) is 0 Å². The third kappa shape index (κ3) is 3.88. The van der Waals surface area contributed by atoms with Gasteiger partial charge in [0, 0.05) is 50.3 Å². The lowest BCUT2D eigenvalue weighted by Gasteiger charge is -2.32. The van der Waals surface area contributed by atoms with Crippen LogP contribution in [0.15, 0.2) is 16.6 Å². The molecule has 116 valence electrons. The topological polar surface area (TPSA) is 37.0 Å². The van der Waals surface area contributed by atoms with Crippen molar-refractivity contribution in [2.75, 3.05) is 53.1 Å². The number of fused-ring (bicyclic) bond motifs is 1. The number of ether oxygens (including phenoxy) is 2. The van der Waals surface area contributed by atoms with Crippen molar-refractivity contribution in [3.05, 3.63) is 22.2 Å². The lowest BCUT2D eigenvalue weighted by atomic mass is 10.2.